The lowest BCUT2D eigenvalue weighted by atomic mass is 10.0. The second-order valence-corrected chi connectivity index (χ2v) is 9.26. The Balaban J connectivity index is 1.43. The summed E-state index contributed by atoms with van der Waals surface area (Å²) in [4.78, 5) is 36.2. The van der Waals surface area contributed by atoms with Crippen LogP contribution in [0.2, 0.25) is 5.02 Å². The number of halogens is 1. The largest absolute Gasteiger partial charge is 0.482 e. The Morgan fingerprint density at radius 1 is 0.947 bits per heavy atom. The van der Waals surface area contributed by atoms with E-state index in [2.05, 4.69) is 41.9 Å². The molecule has 8 nitrogen and oxygen atoms in total. The van der Waals surface area contributed by atoms with E-state index < -0.39 is 11.8 Å². The topological polar surface area (TPSA) is 109 Å². The molecule has 0 bridgehead atoms. The number of carbonyl (C=O) groups excluding carboxylic acids is 3. The second-order valence-electron chi connectivity index (χ2n) is 8.86. The maximum atomic E-state index is 12.2. The second kappa shape index (κ2) is 13.9. The number of benzene rings is 3. The highest BCUT2D eigenvalue weighted by Gasteiger charge is 2.12. The molecule has 0 fully saturated rings. The van der Waals surface area contributed by atoms with Crippen molar-refractivity contribution in [2.45, 2.75) is 39.7 Å². The van der Waals surface area contributed by atoms with Crippen molar-refractivity contribution in [2.75, 3.05) is 11.9 Å². The van der Waals surface area contributed by atoms with E-state index >= 15 is 0 Å². The normalized spacial score (nSPS) is 10.9. The van der Waals surface area contributed by atoms with Crippen molar-refractivity contribution in [2.24, 2.45) is 5.10 Å². The number of nitrogens with zero attached hydrogens (tertiary/aromatic N) is 1. The van der Waals surface area contributed by atoms with Gasteiger partial charge in [0.25, 0.3) is 5.91 Å². The van der Waals surface area contributed by atoms with Crippen LogP contribution in [0.25, 0.3) is 0 Å². The van der Waals surface area contributed by atoms with Gasteiger partial charge < -0.3 is 15.4 Å². The van der Waals surface area contributed by atoms with Gasteiger partial charge >= 0.3 is 11.8 Å². The molecule has 0 radical (unpaired) electrons. The molecule has 0 aromatic heterocycles. The predicted octanol–water partition coefficient (Wildman–Crippen LogP) is 4.81. The average molecular weight is 535 g/mol. The zero-order valence-corrected chi connectivity index (χ0v) is 22.3. The number of hydrogen-bond acceptors (Lipinski definition) is 5. The van der Waals surface area contributed by atoms with Crippen LogP contribution < -0.4 is 20.8 Å². The van der Waals surface area contributed by atoms with Gasteiger partial charge in [-0.2, -0.15) is 5.10 Å². The lowest BCUT2D eigenvalue weighted by Gasteiger charge is -2.09. The quantitative estimate of drug-likeness (QED) is 0.197. The molecule has 3 amide bonds. The summed E-state index contributed by atoms with van der Waals surface area (Å²) in [5.41, 5.74) is 6.70. The van der Waals surface area contributed by atoms with Gasteiger partial charge in [-0.05, 0) is 64.9 Å². The first-order valence-electron chi connectivity index (χ1n) is 12.3. The minimum absolute atomic E-state index is 0.213. The number of nitrogens with one attached hydrogen (secondary N) is 3. The summed E-state index contributed by atoms with van der Waals surface area (Å²) in [7, 11) is 0. The summed E-state index contributed by atoms with van der Waals surface area (Å²) in [5, 5.41) is 9.40. The fraction of sp³-hybridized carbons (Fsp3) is 0.241. The molecule has 198 valence electrons. The van der Waals surface area contributed by atoms with Crippen LogP contribution in [0, 0.1) is 0 Å². The maximum absolute atomic E-state index is 12.2. The highest BCUT2D eigenvalue weighted by atomic mass is 35.5. The van der Waals surface area contributed by atoms with E-state index in [0.717, 1.165) is 12.0 Å². The van der Waals surface area contributed by atoms with Crippen molar-refractivity contribution >= 4 is 41.2 Å². The van der Waals surface area contributed by atoms with Crippen molar-refractivity contribution in [1.29, 1.82) is 0 Å². The molecule has 38 heavy (non-hydrogen) atoms. The van der Waals surface area contributed by atoms with Gasteiger partial charge in [-0.1, -0.05) is 68.8 Å². The molecule has 3 aromatic carbocycles. The molecule has 0 heterocycles. The van der Waals surface area contributed by atoms with Crippen LogP contribution in [0.5, 0.6) is 5.75 Å². The van der Waals surface area contributed by atoms with Crippen molar-refractivity contribution in [3.63, 3.8) is 0 Å². The molecular weight excluding hydrogens is 504 g/mol. The van der Waals surface area contributed by atoms with Crippen LogP contribution in [-0.2, 0) is 27.3 Å². The van der Waals surface area contributed by atoms with Crippen LogP contribution in [0.1, 0.15) is 48.9 Å². The molecule has 0 atom stereocenters. The zero-order valence-electron chi connectivity index (χ0n) is 21.6. The molecular formula is C29H31ClN4O4. The van der Waals surface area contributed by atoms with Crippen LogP contribution in [0.15, 0.2) is 71.8 Å². The van der Waals surface area contributed by atoms with E-state index in [1.807, 2.05) is 48.5 Å². The molecule has 0 saturated heterocycles. The van der Waals surface area contributed by atoms with E-state index in [-0.39, 0.29) is 24.1 Å². The maximum Gasteiger partial charge on any atom is 0.329 e. The van der Waals surface area contributed by atoms with E-state index in [1.54, 1.807) is 18.2 Å². The monoisotopic (exact) mass is 534 g/mol. The summed E-state index contributed by atoms with van der Waals surface area (Å²) in [6.07, 6.45) is 2.27. The zero-order chi connectivity index (χ0) is 27.5. The van der Waals surface area contributed by atoms with Gasteiger partial charge in [0.2, 0.25) is 0 Å². The Kier molecular flexibility index (Phi) is 10.4. The summed E-state index contributed by atoms with van der Waals surface area (Å²) < 4.78 is 5.52. The first-order chi connectivity index (χ1) is 18.2. The average Bonchev–Trinajstić information content (AvgIpc) is 2.91. The smallest absolute Gasteiger partial charge is 0.329 e. The summed E-state index contributed by atoms with van der Waals surface area (Å²) in [6, 6.07) is 20.2. The summed E-state index contributed by atoms with van der Waals surface area (Å²) in [5.74, 6) is -1.26. The van der Waals surface area contributed by atoms with Crippen LogP contribution in [-0.4, -0.2) is 30.5 Å². The molecule has 0 saturated carbocycles. The highest BCUT2D eigenvalue weighted by molar-refractivity contribution is 6.35. The van der Waals surface area contributed by atoms with E-state index in [1.165, 1.54) is 17.3 Å². The van der Waals surface area contributed by atoms with E-state index in [9.17, 15) is 14.4 Å². The first-order valence-corrected chi connectivity index (χ1v) is 12.6. The number of carbonyl (C=O) groups is 3. The SMILES string of the molecule is CCc1ccc(NC(=O)COc2ccc(/C=N\NC(=O)C(=O)NCc3ccc(C(C)C)cc3)cc2Cl)cc1. The molecule has 0 spiro atoms. The van der Waals surface area contributed by atoms with Crippen molar-refractivity contribution in [1.82, 2.24) is 10.7 Å². The van der Waals surface area contributed by atoms with Crippen LogP contribution in [0.4, 0.5) is 5.69 Å². The third-order valence-corrected chi connectivity index (χ3v) is 5.94. The molecule has 0 aliphatic heterocycles. The molecule has 3 rings (SSSR count). The lowest BCUT2D eigenvalue weighted by molar-refractivity contribution is -0.139. The fourth-order valence-corrected chi connectivity index (χ4v) is 3.62. The van der Waals surface area contributed by atoms with Gasteiger partial charge in [0.1, 0.15) is 5.75 Å². The third-order valence-electron chi connectivity index (χ3n) is 5.65. The lowest BCUT2D eigenvalue weighted by Crippen LogP contribution is -2.37. The standard InChI is InChI=1S/C29H31ClN4O4/c1-4-20-7-12-24(13-8-20)33-27(35)18-38-26-14-9-22(15-25(26)30)17-32-34-29(37)28(36)31-16-21-5-10-23(11-6-21)19(2)3/h5-15,17,19H,4,16,18H2,1-3H3,(H,31,36)(H,33,35)(H,34,37)/b32-17-. The number of ether oxygens (including phenoxy) is 1. The van der Waals surface area contributed by atoms with Crippen molar-refractivity contribution in [3.8, 4) is 5.75 Å². The number of hydrazone groups is 1. The highest BCUT2D eigenvalue weighted by Crippen LogP contribution is 2.25. The number of rotatable bonds is 10. The first kappa shape index (κ1) is 28.4. The molecule has 0 aliphatic rings. The van der Waals surface area contributed by atoms with E-state index in [4.69, 9.17) is 16.3 Å². The Morgan fingerprint density at radius 2 is 1.63 bits per heavy atom. The predicted molar refractivity (Wildman–Crippen MR) is 150 cm³/mol. The fourth-order valence-electron chi connectivity index (χ4n) is 3.38. The summed E-state index contributed by atoms with van der Waals surface area (Å²) in [6.45, 7) is 6.29. The van der Waals surface area contributed by atoms with E-state index in [0.29, 0.717) is 22.9 Å². The Hall–Kier alpha value is -4.17. The van der Waals surface area contributed by atoms with Gasteiger partial charge in [0, 0.05) is 12.2 Å². The van der Waals surface area contributed by atoms with Gasteiger partial charge in [-0.3, -0.25) is 14.4 Å². The van der Waals surface area contributed by atoms with Gasteiger partial charge in [-0.15, -0.1) is 0 Å². The third kappa shape index (κ3) is 8.74. The molecule has 9 heteroatoms. The summed E-state index contributed by atoms with van der Waals surface area (Å²) >= 11 is 6.25. The van der Waals surface area contributed by atoms with Crippen molar-refractivity contribution < 1.29 is 19.1 Å². The Morgan fingerprint density at radius 3 is 2.26 bits per heavy atom. The van der Waals surface area contributed by atoms with Gasteiger partial charge in [-0.25, -0.2) is 5.43 Å². The number of amides is 3. The Bertz CT molecular complexity index is 1290. The minimum Gasteiger partial charge on any atom is -0.482 e. The van der Waals surface area contributed by atoms with Crippen LogP contribution >= 0.6 is 11.6 Å². The van der Waals surface area contributed by atoms with Gasteiger partial charge in [0.05, 0.1) is 11.2 Å². The molecule has 0 aliphatic carbocycles. The van der Waals surface area contributed by atoms with Crippen LogP contribution in [0.3, 0.4) is 0 Å². The number of aryl methyl sites for hydroxylation is 1. The van der Waals surface area contributed by atoms with Crippen molar-refractivity contribution in [3.05, 3.63) is 94.0 Å². The minimum atomic E-state index is -0.888. The molecule has 0 unspecified atom stereocenters. The molecule has 3 aromatic rings. The Labute approximate surface area is 227 Å². The number of anilines is 1. The number of hydrogen-bond donors (Lipinski definition) is 3. The van der Waals surface area contributed by atoms with Gasteiger partial charge in [0.15, 0.2) is 6.61 Å². The molecule has 3 N–H and O–H groups in total.